The topological polar surface area (TPSA) is 128 Å². The van der Waals surface area contributed by atoms with Crippen LogP contribution in [0.4, 0.5) is 16.4 Å². The van der Waals surface area contributed by atoms with Crippen molar-refractivity contribution in [2.45, 2.75) is 17.9 Å². The zero-order valence-corrected chi connectivity index (χ0v) is 25.6. The number of nitrogens with one attached hydrogen (secondary N) is 1. The van der Waals surface area contributed by atoms with Crippen LogP contribution in [-0.2, 0) is 34.3 Å². The summed E-state index contributed by atoms with van der Waals surface area (Å²) in [6.07, 6.45) is 0.625. The van der Waals surface area contributed by atoms with Gasteiger partial charge in [0.15, 0.2) is 11.5 Å². The van der Waals surface area contributed by atoms with E-state index in [9.17, 15) is 22.0 Å². The molecular formula is C28H25ClN3O7S3-. The Morgan fingerprint density at radius 1 is 1.02 bits per heavy atom. The molecule has 1 unspecified atom stereocenters. The highest BCUT2D eigenvalue weighted by atomic mass is 35.5. The zero-order valence-electron chi connectivity index (χ0n) is 22.4. The fraction of sp³-hybridized carbons (Fsp3) is 0.179. The van der Waals surface area contributed by atoms with Crippen LogP contribution in [0.15, 0.2) is 77.7 Å². The highest BCUT2D eigenvalue weighted by Gasteiger charge is 2.29. The lowest BCUT2D eigenvalue weighted by molar-refractivity contribution is 0.102. The predicted octanol–water partition coefficient (Wildman–Crippen LogP) is 5.35. The maximum absolute atomic E-state index is 13.5. The predicted molar refractivity (Wildman–Crippen MR) is 162 cm³/mol. The quantitative estimate of drug-likeness (QED) is 0.243. The first-order chi connectivity index (χ1) is 20.1. The molecule has 0 radical (unpaired) electrons. The average molecular weight is 647 g/mol. The molecule has 1 atom stereocenters. The van der Waals surface area contributed by atoms with Crippen LogP contribution in [-0.4, -0.2) is 48.2 Å². The molecule has 1 N–H and O–H groups in total. The molecule has 0 spiro atoms. The molecule has 0 bridgehead atoms. The Hall–Kier alpha value is -3.46. The van der Waals surface area contributed by atoms with Gasteiger partial charge in [-0.3, -0.25) is 13.3 Å². The monoisotopic (exact) mass is 646 g/mol. The lowest BCUT2D eigenvalue weighted by atomic mass is 10.0. The second-order valence-electron chi connectivity index (χ2n) is 9.15. The smallest absolute Gasteiger partial charge is 0.257 e. The largest absolute Gasteiger partial charge is 0.755 e. The molecule has 10 nitrogen and oxygen atoms in total. The summed E-state index contributed by atoms with van der Waals surface area (Å²) in [7, 11) is -0.990. The summed E-state index contributed by atoms with van der Waals surface area (Å²) < 4.78 is 64.8. The van der Waals surface area contributed by atoms with Gasteiger partial charge in [-0.1, -0.05) is 35.9 Å². The Bertz CT molecular complexity index is 1760. The van der Waals surface area contributed by atoms with E-state index in [4.69, 9.17) is 21.1 Å². The molecule has 3 aromatic carbocycles. The number of benzene rings is 3. The van der Waals surface area contributed by atoms with Gasteiger partial charge in [0.05, 0.1) is 46.0 Å². The molecule has 1 aromatic heterocycles. The number of nitrogens with zero attached hydrogens (tertiary/aromatic N) is 2. The van der Waals surface area contributed by atoms with E-state index in [0.29, 0.717) is 23.0 Å². The van der Waals surface area contributed by atoms with Crippen LogP contribution in [0.3, 0.4) is 0 Å². The normalized spacial score (nSPS) is 14.1. The summed E-state index contributed by atoms with van der Waals surface area (Å²) in [6, 6.07) is 19.4. The van der Waals surface area contributed by atoms with Gasteiger partial charge in [-0.25, -0.2) is 8.42 Å². The SMILES string of the molecule is COc1cc(C(=O)Nc2ccc(S(=O)(=O)N3CCc4ccccc4C3)cc2)c(N(c2ccc(Cl)s2)S(=O)[O-])cc1OC. The van der Waals surface area contributed by atoms with Gasteiger partial charge < -0.3 is 19.3 Å². The summed E-state index contributed by atoms with van der Waals surface area (Å²) in [4.78, 5) is 13.6. The van der Waals surface area contributed by atoms with Gasteiger partial charge in [-0.15, -0.1) is 11.3 Å². The molecule has 4 aromatic rings. The molecule has 220 valence electrons. The standard InChI is InChI=1S/C28H26ClN3O7S3/c1-38-24-15-22(23(16-25(24)39-2)32(41(34)35)27-12-11-26(29)40-27)28(33)30-20-7-9-21(10-8-20)42(36,37)31-14-13-18-5-3-4-6-19(18)17-31/h3-12,15-16H,13-14,17H2,1-2H3,(H,30,33)(H,34,35)/p-1. The van der Waals surface area contributed by atoms with E-state index in [2.05, 4.69) is 5.32 Å². The number of thiophene rings is 1. The number of fused-ring (bicyclic) bond motifs is 1. The molecule has 5 rings (SSSR count). The van der Waals surface area contributed by atoms with Gasteiger partial charge in [0.2, 0.25) is 10.0 Å². The number of carbonyl (C=O) groups is 1. The number of ether oxygens (including phenoxy) is 2. The number of halogens is 1. The first-order valence-corrected chi connectivity index (χ1v) is 16.2. The summed E-state index contributed by atoms with van der Waals surface area (Å²) in [5.74, 6) is -0.249. The molecule has 42 heavy (non-hydrogen) atoms. The fourth-order valence-electron chi connectivity index (χ4n) is 4.64. The second kappa shape index (κ2) is 12.4. The van der Waals surface area contributed by atoms with Crippen molar-refractivity contribution in [3.8, 4) is 11.5 Å². The molecule has 2 heterocycles. The molecule has 14 heteroatoms. The van der Waals surface area contributed by atoms with Crippen LogP contribution in [0.2, 0.25) is 4.34 Å². The third-order valence-electron chi connectivity index (χ3n) is 6.72. The number of sulfonamides is 1. The molecule has 0 fully saturated rings. The van der Waals surface area contributed by atoms with Crippen LogP contribution in [0.25, 0.3) is 0 Å². The van der Waals surface area contributed by atoms with Crippen molar-refractivity contribution >= 4 is 66.5 Å². The molecule has 1 amide bonds. The number of carbonyl (C=O) groups excluding carboxylic acids is 1. The number of rotatable bonds is 9. The van der Waals surface area contributed by atoms with Crippen molar-refractivity contribution in [3.05, 3.63) is 93.8 Å². The number of hydrogen-bond acceptors (Lipinski definition) is 8. The van der Waals surface area contributed by atoms with E-state index in [0.717, 1.165) is 26.8 Å². The Labute approximate surface area is 254 Å². The number of hydrogen-bond donors (Lipinski definition) is 1. The second-order valence-corrected chi connectivity index (χ2v) is 13.6. The Balaban J connectivity index is 1.43. The molecule has 1 aliphatic rings. The maximum Gasteiger partial charge on any atom is 0.257 e. The highest BCUT2D eigenvalue weighted by Crippen LogP contribution is 2.42. The first kappa shape index (κ1) is 30.0. The van der Waals surface area contributed by atoms with Crippen LogP contribution in [0.1, 0.15) is 21.5 Å². The highest BCUT2D eigenvalue weighted by molar-refractivity contribution is 7.89. The van der Waals surface area contributed by atoms with Crippen molar-refractivity contribution < 1.29 is 31.4 Å². The van der Waals surface area contributed by atoms with Crippen LogP contribution in [0, 0.1) is 0 Å². The fourth-order valence-corrected chi connectivity index (χ4v) is 7.82. The third kappa shape index (κ3) is 6.02. The van der Waals surface area contributed by atoms with E-state index in [1.165, 1.54) is 61.0 Å². The van der Waals surface area contributed by atoms with Crippen molar-refractivity contribution in [2.75, 3.05) is 30.4 Å². The Kier molecular flexibility index (Phi) is 8.87. The molecule has 1 aliphatic heterocycles. The lowest BCUT2D eigenvalue weighted by Crippen LogP contribution is -2.35. The van der Waals surface area contributed by atoms with Crippen LogP contribution < -0.4 is 19.1 Å². The van der Waals surface area contributed by atoms with E-state index in [1.807, 2.05) is 24.3 Å². The third-order valence-corrected chi connectivity index (χ3v) is 10.6. The Morgan fingerprint density at radius 3 is 2.31 bits per heavy atom. The zero-order chi connectivity index (χ0) is 30.0. The van der Waals surface area contributed by atoms with Crippen LogP contribution >= 0.6 is 22.9 Å². The minimum atomic E-state index is -3.77. The van der Waals surface area contributed by atoms with Crippen molar-refractivity contribution in [1.29, 1.82) is 0 Å². The van der Waals surface area contributed by atoms with E-state index >= 15 is 0 Å². The average Bonchev–Trinajstić information content (AvgIpc) is 3.41. The summed E-state index contributed by atoms with van der Waals surface area (Å²) in [5.41, 5.74) is 2.38. The number of methoxy groups -OCH3 is 2. The minimum absolute atomic E-state index is 0.00146. The molecule has 0 saturated carbocycles. The van der Waals surface area contributed by atoms with Gasteiger partial charge in [0, 0.05) is 24.8 Å². The lowest BCUT2D eigenvalue weighted by Gasteiger charge is -2.28. The van der Waals surface area contributed by atoms with Gasteiger partial charge in [0.25, 0.3) is 5.91 Å². The summed E-state index contributed by atoms with van der Waals surface area (Å²) in [6.45, 7) is 0.652. The minimum Gasteiger partial charge on any atom is -0.755 e. The van der Waals surface area contributed by atoms with Crippen molar-refractivity contribution in [3.63, 3.8) is 0 Å². The summed E-state index contributed by atoms with van der Waals surface area (Å²) in [5, 5.41) is 2.97. The number of anilines is 3. The van der Waals surface area contributed by atoms with Gasteiger partial charge in [0.1, 0.15) is 5.00 Å². The van der Waals surface area contributed by atoms with E-state index < -0.39 is 27.2 Å². The molecular weight excluding hydrogens is 622 g/mol. The van der Waals surface area contributed by atoms with Gasteiger partial charge >= 0.3 is 0 Å². The van der Waals surface area contributed by atoms with E-state index in [-0.39, 0.29) is 39.2 Å². The Morgan fingerprint density at radius 2 is 1.69 bits per heavy atom. The van der Waals surface area contributed by atoms with Gasteiger partial charge in [-0.2, -0.15) is 4.31 Å². The van der Waals surface area contributed by atoms with Crippen LogP contribution in [0.5, 0.6) is 11.5 Å². The maximum atomic E-state index is 13.5. The van der Waals surface area contributed by atoms with Crippen molar-refractivity contribution in [2.24, 2.45) is 0 Å². The molecule has 0 saturated heterocycles. The first-order valence-electron chi connectivity index (χ1n) is 12.5. The summed E-state index contributed by atoms with van der Waals surface area (Å²) >= 11 is 4.24. The van der Waals surface area contributed by atoms with E-state index in [1.54, 1.807) is 6.07 Å². The number of amides is 1. The van der Waals surface area contributed by atoms with Gasteiger partial charge in [-0.05, 0) is 60.0 Å². The van der Waals surface area contributed by atoms with Crippen molar-refractivity contribution in [1.82, 2.24) is 4.31 Å². The molecule has 0 aliphatic carbocycles.